The van der Waals surface area contributed by atoms with Crippen molar-refractivity contribution in [1.29, 1.82) is 0 Å². The molecule has 1 rings (SSSR count). The summed E-state index contributed by atoms with van der Waals surface area (Å²) in [7, 11) is 0. The molecule has 0 aliphatic carbocycles. The second-order valence-electron chi connectivity index (χ2n) is 3.20. The number of hydrogen-bond donors (Lipinski definition) is 2. The van der Waals surface area contributed by atoms with Crippen molar-refractivity contribution in [2.24, 2.45) is 0 Å². The highest BCUT2D eigenvalue weighted by molar-refractivity contribution is 5.29. The number of phenols is 1. The van der Waals surface area contributed by atoms with E-state index in [4.69, 9.17) is 10.2 Å². The van der Waals surface area contributed by atoms with E-state index >= 15 is 0 Å². The quantitative estimate of drug-likeness (QED) is 0.821. The van der Waals surface area contributed by atoms with Crippen molar-refractivity contribution < 1.29 is 23.4 Å². The van der Waals surface area contributed by atoms with Crippen LogP contribution in [0.4, 0.5) is 13.2 Å². The van der Waals surface area contributed by atoms with Crippen LogP contribution in [0.1, 0.15) is 17.9 Å². The summed E-state index contributed by atoms with van der Waals surface area (Å²) < 4.78 is 37.6. The first-order valence-electron chi connectivity index (χ1n) is 4.41. The zero-order chi connectivity index (χ0) is 11.5. The summed E-state index contributed by atoms with van der Waals surface area (Å²) in [5.41, 5.74) is 0.0503. The molecule has 0 bridgehead atoms. The van der Waals surface area contributed by atoms with Gasteiger partial charge in [-0.15, -0.1) is 0 Å². The minimum Gasteiger partial charge on any atom is -0.508 e. The highest BCUT2D eigenvalue weighted by Crippen LogP contribution is 2.37. The van der Waals surface area contributed by atoms with E-state index in [1.807, 2.05) is 0 Å². The molecule has 0 aliphatic heterocycles. The Balaban J connectivity index is 2.94. The summed E-state index contributed by atoms with van der Waals surface area (Å²) in [6.07, 6.45) is -4.74. The zero-order valence-corrected chi connectivity index (χ0v) is 7.83. The zero-order valence-electron chi connectivity index (χ0n) is 7.83. The molecule has 0 heterocycles. The molecule has 2 nitrogen and oxygen atoms in total. The van der Waals surface area contributed by atoms with Crippen molar-refractivity contribution in [3.8, 4) is 5.75 Å². The van der Waals surface area contributed by atoms with Gasteiger partial charge in [0.15, 0.2) is 0 Å². The van der Waals surface area contributed by atoms with Crippen molar-refractivity contribution in [2.75, 3.05) is 6.61 Å². The molecule has 0 aliphatic rings. The van der Waals surface area contributed by atoms with Crippen LogP contribution in [0, 0.1) is 0 Å². The normalized spacial score (nSPS) is 13.9. The molecule has 0 spiro atoms. The summed E-state index contributed by atoms with van der Waals surface area (Å²) in [6.45, 7) is -0.523. The van der Waals surface area contributed by atoms with E-state index in [0.717, 1.165) is 0 Å². The van der Waals surface area contributed by atoms with Crippen LogP contribution in [0.2, 0.25) is 0 Å². The van der Waals surface area contributed by atoms with E-state index in [-0.39, 0.29) is 17.7 Å². The average Bonchev–Trinajstić information content (AvgIpc) is 2.14. The predicted molar refractivity (Wildman–Crippen MR) is 48.6 cm³/mol. The Labute approximate surface area is 85.0 Å². The minimum atomic E-state index is -4.38. The van der Waals surface area contributed by atoms with Gasteiger partial charge in [0.1, 0.15) is 5.75 Å². The Hall–Kier alpha value is -1.23. The van der Waals surface area contributed by atoms with E-state index in [1.165, 1.54) is 24.3 Å². The molecular weight excluding hydrogens is 209 g/mol. The molecule has 0 aromatic heterocycles. The molecule has 15 heavy (non-hydrogen) atoms. The van der Waals surface area contributed by atoms with Gasteiger partial charge < -0.3 is 10.2 Å². The predicted octanol–water partition coefficient (Wildman–Crippen LogP) is 2.42. The number of phenolic OH excluding ortho intramolecular Hbond substituents is 1. The Morgan fingerprint density at radius 2 is 1.67 bits per heavy atom. The lowest BCUT2D eigenvalue weighted by Gasteiger charge is -2.19. The molecule has 84 valence electrons. The van der Waals surface area contributed by atoms with Crippen molar-refractivity contribution >= 4 is 0 Å². The van der Waals surface area contributed by atoms with Crippen LogP contribution in [-0.4, -0.2) is 23.0 Å². The Kier molecular flexibility index (Phi) is 3.57. The number of hydrogen-bond acceptors (Lipinski definition) is 2. The second kappa shape index (κ2) is 4.53. The third kappa shape index (κ3) is 3.13. The highest BCUT2D eigenvalue weighted by atomic mass is 19.4. The van der Waals surface area contributed by atoms with Crippen LogP contribution in [-0.2, 0) is 0 Å². The van der Waals surface area contributed by atoms with E-state index in [2.05, 4.69) is 0 Å². The maximum Gasteiger partial charge on any atom is 0.395 e. The smallest absolute Gasteiger partial charge is 0.395 e. The van der Waals surface area contributed by atoms with Gasteiger partial charge in [0.05, 0.1) is 5.92 Å². The minimum absolute atomic E-state index is 0.0503. The SMILES string of the molecule is OCCC(c1ccc(O)cc1)C(F)(F)F. The molecular formula is C10H11F3O2. The highest BCUT2D eigenvalue weighted by Gasteiger charge is 2.39. The van der Waals surface area contributed by atoms with Gasteiger partial charge in [-0.3, -0.25) is 0 Å². The lowest BCUT2D eigenvalue weighted by Crippen LogP contribution is -2.21. The molecule has 1 atom stereocenters. The molecule has 0 radical (unpaired) electrons. The molecule has 0 saturated carbocycles. The third-order valence-electron chi connectivity index (χ3n) is 2.11. The van der Waals surface area contributed by atoms with Crippen LogP contribution in [0.3, 0.4) is 0 Å². The second-order valence-corrected chi connectivity index (χ2v) is 3.20. The first kappa shape index (κ1) is 11.8. The molecule has 1 unspecified atom stereocenters. The number of aliphatic hydroxyl groups is 1. The summed E-state index contributed by atoms with van der Waals surface area (Å²) >= 11 is 0. The fourth-order valence-electron chi connectivity index (χ4n) is 1.36. The summed E-state index contributed by atoms with van der Waals surface area (Å²) in [4.78, 5) is 0. The molecule has 0 amide bonds. The van der Waals surface area contributed by atoms with Gasteiger partial charge in [0.25, 0.3) is 0 Å². The molecule has 1 aromatic rings. The van der Waals surface area contributed by atoms with Gasteiger partial charge in [-0.1, -0.05) is 12.1 Å². The average molecular weight is 220 g/mol. The van der Waals surface area contributed by atoms with E-state index in [1.54, 1.807) is 0 Å². The number of rotatable bonds is 3. The van der Waals surface area contributed by atoms with Crippen LogP contribution in [0.15, 0.2) is 24.3 Å². The summed E-state index contributed by atoms with van der Waals surface area (Å²) in [5.74, 6) is -1.76. The summed E-state index contributed by atoms with van der Waals surface area (Å²) in [5, 5.41) is 17.5. The van der Waals surface area contributed by atoms with Crippen molar-refractivity contribution in [3.05, 3.63) is 29.8 Å². The van der Waals surface area contributed by atoms with Gasteiger partial charge >= 0.3 is 6.18 Å². The molecule has 1 aromatic carbocycles. The van der Waals surface area contributed by atoms with Crippen LogP contribution < -0.4 is 0 Å². The summed E-state index contributed by atoms with van der Waals surface area (Å²) in [6, 6.07) is 4.82. The lowest BCUT2D eigenvalue weighted by molar-refractivity contribution is -0.153. The molecule has 0 fully saturated rings. The van der Waals surface area contributed by atoms with Crippen molar-refractivity contribution in [2.45, 2.75) is 18.5 Å². The van der Waals surface area contributed by atoms with E-state index in [0.29, 0.717) is 0 Å². The Morgan fingerprint density at radius 3 is 2.07 bits per heavy atom. The number of alkyl halides is 3. The van der Waals surface area contributed by atoms with Crippen LogP contribution in [0.5, 0.6) is 5.75 Å². The Bertz CT molecular complexity index is 305. The van der Waals surface area contributed by atoms with Gasteiger partial charge in [0, 0.05) is 6.61 Å². The number of halogens is 3. The van der Waals surface area contributed by atoms with Gasteiger partial charge in [-0.25, -0.2) is 0 Å². The fourth-order valence-corrected chi connectivity index (χ4v) is 1.36. The first-order valence-corrected chi connectivity index (χ1v) is 4.41. The monoisotopic (exact) mass is 220 g/mol. The number of aliphatic hydroxyl groups excluding tert-OH is 1. The lowest BCUT2D eigenvalue weighted by atomic mass is 9.95. The Morgan fingerprint density at radius 1 is 1.13 bits per heavy atom. The van der Waals surface area contributed by atoms with E-state index < -0.39 is 18.7 Å². The largest absolute Gasteiger partial charge is 0.508 e. The van der Waals surface area contributed by atoms with Crippen LogP contribution in [0.25, 0.3) is 0 Å². The third-order valence-corrected chi connectivity index (χ3v) is 2.11. The molecule has 5 heteroatoms. The van der Waals surface area contributed by atoms with Crippen LogP contribution >= 0.6 is 0 Å². The standard InChI is InChI=1S/C10H11F3O2/c11-10(12,13)9(5-6-14)7-1-3-8(15)4-2-7/h1-4,9,14-15H,5-6H2. The van der Waals surface area contributed by atoms with Gasteiger partial charge in [-0.2, -0.15) is 13.2 Å². The van der Waals surface area contributed by atoms with E-state index in [9.17, 15) is 13.2 Å². The maximum atomic E-state index is 12.5. The number of benzene rings is 1. The fraction of sp³-hybridized carbons (Fsp3) is 0.400. The number of aromatic hydroxyl groups is 1. The maximum absolute atomic E-state index is 12.5. The molecule has 2 N–H and O–H groups in total. The topological polar surface area (TPSA) is 40.5 Å². The first-order chi connectivity index (χ1) is 6.95. The molecule has 0 saturated heterocycles. The van der Waals surface area contributed by atoms with Crippen molar-refractivity contribution in [3.63, 3.8) is 0 Å². The van der Waals surface area contributed by atoms with Gasteiger partial charge in [0.2, 0.25) is 0 Å². The van der Waals surface area contributed by atoms with Gasteiger partial charge in [-0.05, 0) is 24.1 Å². The van der Waals surface area contributed by atoms with Crippen molar-refractivity contribution in [1.82, 2.24) is 0 Å².